The van der Waals surface area contributed by atoms with Crippen molar-refractivity contribution in [2.45, 2.75) is 26.7 Å². The summed E-state index contributed by atoms with van der Waals surface area (Å²) in [6.45, 7) is 6.71. The molecule has 1 aliphatic rings. The van der Waals surface area contributed by atoms with E-state index in [-0.39, 0.29) is 17.7 Å². The summed E-state index contributed by atoms with van der Waals surface area (Å²) in [7, 11) is 0. The summed E-state index contributed by atoms with van der Waals surface area (Å²) >= 11 is 5.53. The molecule has 0 bridgehead atoms. The fourth-order valence-electron chi connectivity index (χ4n) is 2.24. The molecule has 0 radical (unpaired) electrons. The number of rotatable bonds is 4. The van der Waals surface area contributed by atoms with Gasteiger partial charge in [0.05, 0.1) is 0 Å². The molecule has 1 rings (SSSR count). The Kier molecular flexibility index (Phi) is 5.75. The molecule has 0 atom stereocenters. The fourth-order valence-corrected chi connectivity index (χ4v) is 2.41. The molecule has 98 valence electrons. The van der Waals surface area contributed by atoms with Gasteiger partial charge in [0, 0.05) is 33.1 Å². The third-order valence-electron chi connectivity index (χ3n) is 3.39. The second kappa shape index (κ2) is 6.84. The second-order valence-corrected chi connectivity index (χ2v) is 4.78. The predicted octanol–water partition coefficient (Wildman–Crippen LogP) is 1.33. The predicted molar refractivity (Wildman–Crippen MR) is 68.0 cm³/mol. The lowest BCUT2D eigenvalue weighted by Crippen LogP contribution is -2.42. The van der Waals surface area contributed by atoms with Crippen LogP contribution in [0, 0.1) is 5.92 Å². The fraction of sp³-hybridized carbons (Fsp3) is 0.833. The molecule has 0 N–H and O–H groups in total. The van der Waals surface area contributed by atoms with E-state index in [9.17, 15) is 9.59 Å². The molecule has 0 aliphatic carbocycles. The van der Waals surface area contributed by atoms with Gasteiger partial charge in [0.1, 0.15) is 5.88 Å². The number of carbonyl (C=O) groups excluding carboxylic acids is 2. The number of carbonyl (C=O) groups is 2. The standard InChI is InChI=1S/C12H21ClN2O2/c1-3-14(10(2)16)9-11-4-6-15(7-5-11)12(17)8-13/h11H,3-9H2,1-2H3. The minimum absolute atomic E-state index is 0.0176. The molecular formula is C12H21ClN2O2. The molecule has 4 nitrogen and oxygen atoms in total. The largest absolute Gasteiger partial charge is 0.343 e. The first-order valence-corrected chi connectivity index (χ1v) is 6.71. The Hall–Kier alpha value is -0.770. The van der Waals surface area contributed by atoms with Gasteiger partial charge < -0.3 is 9.80 Å². The zero-order valence-corrected chi connectivity index (χ0v) is 11.4. The van der Waals surface area contributed by atoms with E-state index >= 15 is 0 Å². The van der Waals surface area contributed by atoms with Gasteiger partial charge in [-0.3, -0.25) is 9.59 Å². The van der Waals surface area contributed by atoms with Crippen LogP contribution in [0.4, 0.5) is 0 Å². The van der Waals surface area contributed by atoms with Crippen LogP contribution < -0.4 is 0 Å². The van der Waals surface area contributed by atoms with Crippen LogP contribution in [-0.4, -0.2) is 53.7 Å². The van der Waals surface area contributed by atoms with Crippen molar-refractivity contribution in [3.8, 4) is 0 Å². The highest BCUT2D eigenvalue weighted by Gasteiger charge is 2.23. The summed E-state index contributed by atoms with van der Waals surface area (Å²) in [6.07, 6.45) is 1.93. The maximum Gasteiger partial charge on any atom is 0.237 e. The minimum atomic E-state index is 0.0176. The van der Waals surface area contributed by atoms with Crippen LogP contribution in [0.25, 0.3) is 0 Å². The lowest BCUT2D eigenvalue weighted by Gasteiger charge is -2.34. The number of halogens is 1. The molecule has 0 saturated carbocycles. The van der Waals surface area contributed by atoms with Crippen LogP contribution >= 0.6 is 11.6 Å². The molecule has 1 heterocycles. The minimum Gasteiger partial charge on any atom is -0.343 e. The van der Waals surface area contributed by atoms with Crippen molar-refractivity contribution in [2.24, 2.45) is 5.92 Å². The van der Waals surface area contributed by atoms with Crippen molar-refractivity contribution >= 4 is 23.4 Å². The highest BCUT2D eigenvalue weighted by atomic mass is 35.5. The lowest BCUT2D eigenvalue weighted by molar-refractivity contribution is -0.132. The van der Waals surface area contributed by atoms with E-state index in [1.165, 1.54) is 0 Å². The Morgan fingerprint density at radius 2 is 1.94 bits per heavy atom. The summed E-state index contributed by atoms with van der Waals surface area (Å²) in [4.78, 5) is 26.4. The smallest absolute Gasteiger partial charge is 0.237 e. The van der Waals surface area contributed by atoms with Crippen LogP contribution in [-0.2, 0) is 9.59 Å². The van der Waals surface area contributed by atoms with E-state index in [2.05, 4.69) is 0 Å². The van der Waals surface area contributed by atoms with Crippen molar-refractivity contribution in [2.75, 3.05) is 32.1 Å². The molecule has 5 heteroatoms. The first-order chi connectivity index (χ1) is 8.08. The van der Waals surface area contributed by atoms with Gasteiger partial charge in [-0.2, -0.15) is 0 Å². The number of amides is 2. The molecule has 2 amide bonds. The Morgan fingerprint density at radius 1 is 1.35 bits per heavy atom. The summed E-state index contributed by atoms with van der Waals surface area (Å²) < 4.78 is 0. The highest BCUT2D eigenvalue weighted by molar-refractivity contribution is 6.27. The topological polar surface area (TPSA) is 40.6 Å². The van der Waals surface area contributed by atoms with E-state index in [4.69, 9.17) is 11.6 Å². The SMILES string of the molecule is CCN(CC1CCN(C(=O)CCl)CC1)C(C)=O. The van der Waals surface area contributed by atoms with Gasteiger partial charge in [0.15, 0.2) is 0 Å². The molecule has 1 aliphatic heterocycles. The Labute approximate surface area is 108 Å². The van der Waals surface area contributed by atoms with Gasteiger partial charge in [-0.1, -0.05) is 0 Å². The van der Waals surface area contributed by atoms with Crippen LogP contribution in [0.3, 0.4) is 0 Å². The van der Waals surface area contributed by atoms with Crippen molar-refractivity contribution in [1.29, 1.82) is 0 Å². The zero-order chi connectivity index (χ0) is 12.8. The molecule has 1 saturated heterocycles. The van der Waals surface area contributed by atoms with Crippen molar-refractivity contribution < 1.29 is 9.59 Å². The number of piperidine rings is 1. The van der Waals surface area contributed by atoms with Crippen LogP contribution in [0.5, 0.6) is 0 Å². The maximum atomic E-state index is 11.4. The lowest BCUT2D eigenvalue weighted by atomic mass is 9.96. The number of likely N-dealkylation sites (tertiary alicyclic amines) is 1. The number of alkyl halides is 1. The van der Waals surface area contributed by atoms with Gasteiger partial charge >= 0.3 is 0 Å². The molecule has 17 heavy (non-hydrogen) atoms. The van der Waals surface area contributed by atoms with Crippen molar-refractivity contribution in [3.63, 3.8) is 0 Å². The van der Waals surface area contributed by atoms with E-state index in [0.717, 1.165) is 39.0 Å². The third-order valence-corrected chi connectivity index (χ3v) is 3.62. The van der Waals surface area contributed by atoms with Gasteiger partial charge in [-0.05, 0) is 25.7 Å². The molecule has 1 fully saturated rings. The second-order valence-electron chi connectivity index (χ2n) is 4.52. The Morgan fingerprint density at radius 3 is 2.35 bits per heavy atom. The van der Waals surface area contributed by atoms with E-state index in [1.54, 1.807) is 6.92 Å². The molecule has 0 aromatic heterocycles. The Bertz CT molecular complexity index is 276. The van der Waals surface area contributed by atoms with Gasteiger partial charge in [0.25, 0.3) is 0 Å². The summed E-state index contributed by atoms with van der Waals surface area (Å²) in [5.41, 5.74) is 0. The van der Waals surface area contributed by atoms with Crippen molar-refractivity contribution in [1.82, 2.24) is 9.80 Å². The third kappa shape index (κ3) is 4.19. The Balaban J connectivity index is 2.36. The molecule has 0 spiro atoms. The van der Waals surface area contributed by atoms with E-state index in [0.29, 0.717) is 5.92 Å². The van der Waals surface area contributed by atoms with E-state index in [1.807, 2.05) is 16.7 Å². The monoisotopic (exact) mass is 260 g/mol. The van der Waals surface area contributed by atoms with Gasteiger partial charge in [-0.15, -0.1) is 11.6 Å². The summed E-state index contributed by atoms with van der Waals surface area (Å²) in [5.74, 6) is 0.730. The quantitative estimate of drug-likeness (QED) is 0.716. The maximum absolute atomic E-state index is 11.4. The normalized spacial score (nSPS) is 17.0. The van der Waals surface area contributed by atoms with Gasteiger partial charge in [0.2, 0.25) is 11.8 Å². The number of hydrogen-bond donors (Lipinski definition) is 0. The molecule has 0 unspecified atom stereocenters. The average molecular weight is 261 g/mol. The molecule has 0 aromatic rings. The number of hydrogen-bond acceptors (Lipinski definition) is 2. The highest BCUT2D eigenvalue weighted by Crippen LogP contribution is 2.18. The first-order valence-electron chi connectivity index (χ1n) is 6.17. The number of nitrogens with zero attached hydrogens (tertiary/aromatic N) is 2. The summed E-state index contributed by atoms with van der Waals surface area (Å²) in [5, 5.41) is 0. The average Bonchev–Trinajstić information content (AvgIpc) is 2.35. The van der Waals surface area contributed by atoms with Gasteiger partial charge in [-0.25, -0.2) is 0 Å². The molecular weight excluding hydrogens is 240 g/mol. The first kappa shape index (κ1) is 14.3. The van der Waals surface area contributed by atoms with E-state index < -0.39 is 0 Å². The van der Waals surface area contributed by atoms with Crippen LogP contribution in [0.1, 0.15) is 26.7 Å². The van der Waals surface area contributed by atoms with Crippen LogP contribution in [0.15, 0.2) is 0 Å². The zero-order valence-electron chi connectivity index (χ0n) is 10.6. The molecule has 0 aromatic carbocycles. The van der Waals surface area contributed by atoms with Crippen LogP contribution in [0.2, 0.25) is 0 Å². The summed E-state index contributed by atoms with van der Waals surface area (Å²) in [6, 6.07) is 0. The van der Waals surface area contributed by atoms with Crippen molar-refractivity contribution in [3.05, 3.63) is 0 Å².